The highest BCUT2D eigenvalue weighted by Crippen LogP contribution is 2.26. The van der Waals surface area contributed by atoms with Gasteiger partial charge in [0.2, 0.25) is 5.95 Å². The number of aryl methyl sites for hydroxylation is 1. The van der Waals surface area contributed by atoms with Crippen LogP contribution < -0.4 is 17.0 Å². The fraction of sp³-hybridized carbons (Fsp3) is 0.0714. The molecule has 0 amide bonds. The van der Waals surface area contributed by atoms with Crippen molar-refractivity contribution in [2.75, 3.05) is 11.2 Å². The van der Waals surface area contributed by atoms with Gasteiger partial charge in [-0.3, -0.25) is 4.98 Å². The van der Waals surface area contributed by atoms with E-state index in [2.05, 4.69) is 20.4 Å². The molecule has 20 heavy (non-hydrogen) atoms. The Labute approximate surface area is 115 Å². The number of nitrogens with zero attached hydrogens (tertiary/aromatic N) is 3. The van der Waals surface area contributed by atoms with E-state index in [4.69, 9.17) is 11.6 Å². The van der Waals surface area contributed by atoms with Gasteiger partial charge in [0, 0.05) is 17.1 Å². The number of anilines is 2. The van der Waals surface area contributed by atoms with Crippen LogP contribution >= 0.6 is 0 Å². The zero-order valence-electron chi connectivity index (χ0n) is 11.0. The fourth-order valence-corrected chi connectivity index (χ4v) is 2.05. The van der Waals surface area contributed by atoms with Crippen molar-refractivity contribution in [2.45, 2.75) is 6.92 Å². The van der Waals surface area contributed by atoms with Crippen molar-refractivity contribution in [3.8, 4) is 11.3 Å². The Morgan fingerprint density at radius 3 is 2.65 bits per heavy atom. The highest BCUT2D eigenvalue weighted by Gasteiger charge is 2.07. The maximum atomic E-state index is 5.64. The van der Waals surface area contributed by atoms with Crippen LogP contribution in [0.1, 0.15) is 5.56 Å². The van der Waals surface area contributed by atoms with Crippen LogP contribution in [0.25, 0.3) is 22.2 Å². The zero-order valence-corrected chi connectivity index (χ0v) is 11.0. The first kappa shape index (κ1) is 12.3. The number of hydrogen-bond acceptors (Lipinski definition) is 6. The molecule has 100 valence electrons. The molecule has 1 aromatic carbocycles. The summed E-state index contributed by atoms with van der Waals surface area (Å²) < 4.78 is 0. The number of hydrogen-bond donors (Lipinski definition) is 3. The molecule has 0 aliphatic heterocycles. The minimum atomic E-state index is 0.187. The van der Waals surface area contributed by atoms with E-state index >= 15 is 0 Å². The third kappa shape index (κ3) is 2.12. The van der Waals surface area contributed by atoms with Gasteiger partial charge >= 0.3 is 0 Å². The number of benzene rings is 1. The highest BCUT2D eigenvalue weighted by atomic mass is 15.3. The number of hydrazine groups is 1. The second-order valence-electron chi connectivity index (χ2n) is 4.53. The van der Waals surface area contributed by atoms with Crippen molar-refractivity contribution < 1.29 is 0 Å². The van der Waals surface area contributed by atoms with Gasteiger partial charge < -0.3 is 11.2 Å². The molecule has 0 aliphatic carbocycles. The molecule has 0 bridgehead atoms. The number of nitrogen functional groups attached to an aromatic ring is 2. The largest absolute Gasteiger partial charge is 0.368 e. The van der Waals surface area contributed by atoms with Crippen molar-refractivity contribution in [1.82, 2.24) is 15.0 Å². The number of nitrogens with one attached hydrogen (secondary N) is 1. The average Bonchev–Trinajstić information content (AvgIpc) is 2.46. The van der Waals surface area contributed by atoms with E-state index in [1.807, 2.05) is 43.5 Å². The average molecular weight is 266 g/mol. The van der Waals surface area contributed by atoms with Gasteiger partial charge in [0.25, 0.3) is 0 Å². The van der Waals surface area contributed by atoms with Crippen molar-refractivity contribution in [3.05, 3.63) is 42.1 Å². The van der Waals surface area contributed by atoms with Crippen molar-refractivity contribution in [1.29, 1.82) is 0 Å². The van der Waals surface area contributed by atoms with E-state index in [0.29, 0.717) is 5.82 Å². The van der Waals surface area contributed by atoms with Crippen LogP contribution in [-0.4, -0.2) is 15.0 Å². The topological polar surface area (TPSA) is 103 Å². The lowest BCUT2D eigenvalue weighted by Gasteiger charge is -2.08. The SMILES string of the molecule is Cc1ccc(-c2ccc3nc(N)nc(NN)c3c2)nc1. The number of nitrogens with two attached hydrogens (primary N) is 2. The summed E-state index contributed by atoms with van der Waals surface area (Å²) in [6.07, 6.45) is 1.83. The van der Waals surface area contributed by atoms with Crippen molar-refractivity contribution >= 4 is 22.7 Å². The minimum absolute atomic E-state index is 0.187. The lowest BCUT2D eigenvalue weighted by Crippen LogP contribution is -2.11. The van der Waals surface area contributed by atoms with Gasteiger partial charge in [-0.25, -0.2) is 10.8 Å². The number of aromatic nitrogens is 3. The summed E-state index contributed by atoms with van der Waals surface area (Å²) >= 11 is 0. The van der Waals surface area contributed by atoms with E-state index in [0.717, 1.165) is 27.7 Å². The van der Waals surface area contributed by atoms with Crippen LogP contribution in [0, 0.1) is 6.92 Å². The van der Waals surface area contributed by atoms with E-state index in [1.165, 1.54) is 0 Å². The molecule has 6 nitrogen and oxygen atoms in total. The molecule has 0 aliphatic rings. The predicted molar refractivity (Wildman–Crippen MR) is 79.7 cm³/mol. The summed E-state index contributed by atoms with van der Waals surface area (Å²) in [6, 6.07) is 9.78. The van der Waals surface area contributed by atoms with Gasteiger partial charge in [-0.1, -0.05) is 12.1 Å². The first-order valence-electron chi connectivity index (χ1n) is 6.14. The summed E-state index contributed by atoms with van der Waals surface area (Å²) in [4.78, 5) is 12.7. The van der Waals surface area contributed by atoms with Gasteiger partial charge in [-0.2, -0.15) is 4.98 Å². The Morgan fingerprint density at radius 2 is 1.95 bits per heavy atom. The summed E-state index contributed by atoms with van der Waals surface area (Å²) in [5, 5.41) is 0.807. The maximum absolute atomic E-state index is 5.64. The van der Waals surface area contributed by atoms with Gasteiger partial charge in [0.15, 0.2) is 5.82 Å². The van der Waals surface area contributed by atoms with Crippen LogP contribution in [0.4, 0.5) is 11.8 Å². The molecule has 3 rings (SSSR count). The van der Waals surface area contributed by atoms with Crippen LogP contribution in [-0.2, 0) is 0 Å². The third-order valence-corrected chi connectivity index (χ3v) is 3.06. The lowest BCUT2D eigenvalue weighted by atomic mass is 10.1. The Balaban J connectivity index is 2.19. The number of fused-ring (bicyclic) bond motifs is 1. The molecule has 0 saturated heterocycles. The van der Waals surface area contributed by atoms with Gasteiger partial charge in [-0.15, -0.1) is 0 Å². The summed E-state index contributed by atoms with van der Waals surface area (Å²) in [7, 11) is 0. The number of rotatable bonds is 2. The number of pyridine rings is 1. The lowest BCUT2D eigenvalue weighted by molar-refractivity contribution is 1.19. The summed E-state index contributed by atoms with van der Waals surface area (Å²) in [5.41, 5.74) is 11.9. The first-order chi connectivity index (χ1) is 9.67. The standard InChI is InChI=1S/C14H14N6/c1-8-2-4-11(17-7-8)9-3-5-12-10(6-9)13(20-16)19-14(15)18-12/h2-7H,16H2,1H3,(H3,15,18,19,20). The second-order valence-corrected chi connectivity index (χ2v) is 4.53. The molecule has 0 saturated carbocycles. The minimum Gasteiger partial charge on any atom is -0.368 e. The molecule has 6 heteroatoms. The van der Waals surface area contributed by atoms with Gasteiger partial charge in [0.1, 0.15) is 0 Å². The Morgan fingerprint density at radius 1 is 1.10 bits per heavy atom. The van der Waals surface area contributed by atoms with Crippen LogP contribution in [0.5, 0.6) is 0 Å². The van der Waals surface area contributed by atoms with E-state index in [-0.39, 0.29) is 5.95 Å². The van der Waals surface area contributed by atoms with E-state index < -0.39 is 0 Å². The molecule has 0 unspecified atom stereocenters. The molecular formula is C14H14N6. The fourth-order valence-electron chi connectivity index (χ4n) is 2.05. The van der Waals surface area contributed by atoms with Gasteiger partial charge in [-0.05, 0) is 30.7 Å². The van der Waals surface area contributed by atoms with E-state index in [1.54, 1.807) is 0 Å². The Hall–Kier alpha value is -2.73. The predicted octanol–water partition coefficient (Wildman–Crippen LogP) is 1.87. The smallest absolute Gasteiger partial charge is 0.222 e. The molecular weight excluding hydrogens is 252 g/mol. The van der Waals surface area contributed by atoms with E-state index in [9.17, 15) is 0 Å². The van der Waals surface area contributed by atoms with Crippen molar-refractivity contribution in [2.24, 2.45) is 5.84 Å². The molecule has 5 N–H and O–H groups in total. The molecule has 0 spiro atoms. The normalized spacial score (nSPS) is 10.7. The van der Waals surface area contributed by atoms with Crippen LogP contribution in [0.2, 0.25) is 0 Å². The van der Waals surface area contributed by atoms with Crippen LogP contribution in [0.3, 0.4) is 0 Å². The molecule has 2 heterocycles. The second kappa shape index (κ2) is 4.75. The Kier molecular flexibility index (Phi) is 2.92. The molecule has 2 aromatic heterocycles. The summed E-state index contributed by atoms with van der Waals surface area (Å²) in [6.45, 7) is 2.00. The molecule has 0 atom stereocenters. The third-order valence-electron chi connectivity index (χ3n) is 3.06. The summed E-state index contributed by atoms with van der Waals surface area (Å²) in [5.74, 6) is 6.17. The quantitative estimate of drug-likeness (QED) is 0.483. The van der Waals surface area contributed by atoms with Gasteiger partial charge in [0.05, 0.1) is 11.2 Å². The Bertz CT molecular complexity index is 766. The first-order valence-corrected chi connectivity index (χ1v) is 6.14. The van der Waals surface area contributed by atoms with Crippen molar-refractivity contribution in [3.63, 3.8) is 0 Å². The monoisotopic (exact) mass is 266 g/mol. The van der Waals surface area contributed by atoms with Crippen LogP contribution in [0.15, 0.2) is 36.5 Å². The molecule has 0 fully saturated rings. The molecule has 3 aromatic rings. The zero-order chi connectivity index (χ0) is 14.1. The molecule has 0 radical (unpaired) electrons. The maximum Gasteiger partial charge on any atom is 0.222 e. The highest BCUT2D eigenvalue weighted by molar-refractivity contribution is 5.92.